The fourth-order valence-corrected chi connectivity index (χ4v) is 1.82. The van der Waals surface area contributed by atoms with Gasteiger partial charge in [0.15, 0.2) is 0 Å². The van der Waals surface area contributed by atoms with Crippen molar-refractivity contribution >= 4 is 5.69 Å². The Labute approximate surface area is 89.6 Å². The molecule has 1 aliphatic rings. The lowest BCUT2D eigenvalue weighted by molar-refractivity contribution is 0.347. The fraction of sp³-hybridized carbons (Fsp3) is 0.455. The third-order valence-electron chi connectivity index (χ3n) is 2.66. The number of ether oxygens (including phenoxy) is 1. The fourth-order valence-electron chi connectivity index (χ4n) is 1.82. The van der Waals surface area contributed by atoms with Crippen molar-refractivity contribution in [2.75, 3.05) is 38.2 Å². The quantitative estimate of drug-likeness (QED) is 0.733. The summed E-state index contributed by atoms with van der Waals surface area (Å²) in [6.45, 7) is 2.67. The number of piperazine rings is 1. The van der Waals surface area contributed by atoms with Gasteiger partial charge in [-0.05, 0) is 12.1 Å². The van der Waals surface area contributed by atoms with E-state index >= 15 is 0 Å². The first-order valence-corrected chi connectivity index (χ1v) is 5.11. The van der Waals surface area contributed by atoms with Crippen molar-refractivity contribution in [2.24, 2.45) is 0 Å². The molecule has 1 heterocycles. The molecule has 1 aromatic carbocycles. The number of benzene rings is 1. The Balaban J connectivity index is 2.15. The number of para-hydroxylation sites is 2. The predicted octanol–water partition coefficient (Wildman–Crippen LogP) is 1.31. The van der Waals surface area contributed by atoms with Gasteiger partial charge in [-0.1, -0.05) is 12.1 Å². The van der Waals surface area contributed by atoms with Crippen LogP contribution >= 0.6 is 0 Å². The van der Waals surface area contributed by atoms with E-state index in [1.165, 1.54) is 0 Å². The van der Waals surface area contributed by atoms with Crippen molar-refractivity contribution in [3.05, 3.63) is 29.5 Å². The van der Waals surface area contributed by atoms with E-state index in [1.807, 2.05) is 24.3 Å². The summed E-state index contributed by atoms with van der Waals surface area (Å²) >= 11 is 0. The topological polar surface area (TPSA) is 38.8 Å². The molecule has 0 aromatic heterocycles. The summed E-state index contributed by atoms with van der Waals surface area (Å²) in [7, 11) is 1.67. The van der Waals surface area contributed by atoms with Crippen LogP contribution in [0.4, 0.5) is 5.69 Å². The van der Waals surface area contributed by atoms with Crippen molar-refractivity contribution in [1.29, 1.82) is 0 Å². The summed E-state index contributed by atoms with van der Waals surface area (Å²) in [5.41, 5.74) is 1.08. The largest absolute Gasteiger partial charge is 0.785 e. The molecule has 4 nitrogen and oxygen atoms in total. The Morgan fingerprint density at radius 1 is 1.13 bits per heavy atom. The van der Waals surface area contributed by atoms with Crippen molar-refractivity contribution in [3.63, 3.8) is 0 Å². The monoisotopic (exact) mass is 207 g/mol. The van der Waals surface area contributed by atoms with Gasteiger partial charge in [0.1, 0.15) is 5.75 Å². The molecule has 1 aromatic rings. The van der Waals surface area contributed by atoms with Crippen LogP contribution in [0.5, 0.6) is 5.75 Å². The SMILES string of the molecule is COc1ccccc1N1CCN([O-])CC1. The normalized spacial score (nSPS) is 17.9. The number of hydrogen-bond donors (Lipinski definition) is 0. The van der Waals surface area contributed by atoms with Crippen LogP contribution in [0, 0.1) is 5.21 Å². The van der Waals surface area contributed by atoms with Crippen LogP contribution < -0.4 is 9.64 Å². The van der Waals surface area contributed by atoms with Gasteiger partial charge in [0.05, 0.1) is 12.8 Å². The number of rotatable bonds is 2. The molecule has 4 heteroatoms. The molecule has 0 bridgehead atoms. The van der Waals surface area contributed by atoms with Crippen molar-refractivity contribution < 1.29 is 4.74 Å². The summed E-state index contributed by atoms with van der Waals surface area (Å²) in [5.74, 6) is 0.872. The van der Waals surface area contributed by atoms with Gasteiger partial charge in [-0.3, -0.25) is 0 Å². The molecule has 1 fully saturated rings. The van der Waals surface area contributed by atoms with Crippen LogP contribution in [0.1, 0.15) is 0 Å². The lowest BCUT2D eigenvalue weighted by atomic mass is 10.2. The molecule has 82 valence electrons. The predicted molar refractivity (Wildman–Crippen MR) is 60.1 cm³/mol. The van der Waals surface area contributed by atoms with Gasteiger partial charge in [0, 0.05) is 26.2 Å². The van der Waals surface area contributed by atoms with Gasteiger partial charge in [-0.2, -0.15) is 0 Å². The molecule has 2 rings (SSSR count). The van der Waals surface area contributed by atoms with Gasteiger partial charge >= 0.3 is 0 Å². The summed E-state index contributed by atoms with van der Waals surface area (Å²) in [5, 5.41) is 12.2. The highest BCUT2D eigenvalue weighted by Gasteiger charge is 2.14. The summed E-state index contributed by atoms with van der Waals surface area (Å²) in [6, 6.07) is 7.91. The van der Waals surface area contributed by atoms with Gasteiger partial charge < -0.3 is 19.9 Å². The zero-order chi connectivity index (χ0) is 10.7. The van der Waals surface area contributed by atoms with Gasteiger partial charge in [0.25, 0.3) is 0 Å². The van der Waals surface area contributed by atoms with E-state index in [0.29, 0.717) is 13.1 Å². The Morgan fingerprint density at radius 3 is 2.47 bits per heavy atom. The van der Waals surface area contributed by atoms with E-state index in [-0.39, 0.29) is 0 Å². The second-order valence-electron chi connectivity index (χ2n) is 3.59. The Hall–Kier alpha value is -1.26. The Bertz CT molecular complexity index is 322. The van der Waals surface area contributed by atoms with Crippen LogP contribution in [0.2, 0.25) is 0 Å². The Kier molecular flexibility index (Phi) is 3.08. The maximum Gasteiger partial charge on any atom is 0.142 e. The first-order chi connectivity index (χ1) is 7.31. The molecule has 15 heavy (non-hydrogen) atoms. The molecule has 0 saturated carbocycles. The van der Waals surface area contributed by atoms with E-state index < -0.39 is 0 Å². The van der Waals surface area contributed by atoms with Crippen molar-refractivity contribution in [1.82, 2.24) is 5.06 Å². The average molecular weight is 207 g/mol. The second-order valence-corrected chi connectivity index (χ2v) is 3.59. The molecule has 0 unspecified atom stereocenters. The van der Waals surface area contributed by atoms with Gasteiger partial charge in [-0.15, -0.1) is 0 Å². The molecule has 0 aliphatic carbocycles. The number of nitrogens with zero attached hydrogens (tertiary/aromatic N) is 2. The van der Waals surface area contributed by atoms with Crippen LogP contribution in [-0.4, -0.2) is 38.4 Å². The van der Waals surface area contributed by atoms with Crippen molar-refractivity contribution in [2.45, 2.75) is 0 Å². The smallest absolute Gasteiger partial charge is 0.142 e. The zero-order valence-corrected chi connectivity index (χ0v) is 8.85. The Morgan fingerprint density at radius 2 is 1.80 bits per heavy atom. The molecule has 0 N–H and O–H groups in total. The highest BCUT2D eigenvalue weighted by molar-refractivity contribution is 5.58. The molecular weight excluding hydrogens is 192 g/mol. The third kappa shape index (κ3) is 2.22. The average Bonchev–Trinajstić information content (AvgIpc) is 2.30. The number of anilines is 1. The first kappa shape index (κ1) is 10.3. The lowest BCUT2D eigenvalue weighted by Gasteiger charge is -2.39. The lowest BCUT2D eigenvalue weighted by Crippen LogP contribution is -2.43. The van der Waals surface area contributed by atoms with E-state index in [9.17, 15) is 5.21 Å². The molecule has 0 atom stereocenters. The number of methoxy groups -OCH3 is 1. The highest BCUT2D eigenvalue weighted by Crippen LogP contribution is 2.28. The van der Waals surface area contributed by atoms with E-state index in [1.54, 1.807) is 7.11 Å². The number of hydroxylamine groups is 2. The maximum atomic E-state index is 11.1. The first-order valence-electron chi connectivity index (χ1n) is 5.11. The minimum Gasteiger partial charge on any atom is -0.785 e. The van der Waals surface area contributed by atoms with E-state index in [4.69, 9.17) is 4.74 Å². The standard InChI is InChI=1S/C11H15N2O2/c1-15-11-5-3-2-4-10(11)12-6-8-13(14)9-7-12/h2-5H,6-9H2,1H3/q-1. The second kappa shape index (κ2) is 4.51. The molecule has 0 radical (unpaired) electrons. The molecular formula is C11H15N2O2-. The van der Waals surface area contributed by atoms with Crippen molar-refractivity contribution in [3.8, 4) is 5.75 Å². The van der Waals surface area contributed by atoms with Gasteiger partial charge in [-0.25, -0.2) is 0 Å². The van der Waals surface area contributed by atoms with E-state index in [2.05, 4.69) is 4.90 Å². The summed E-state index contributed by atoms with van der Waals surface area (Å²) < 4.78 is 5.29. The summed E-state index contributed by atoms with van der Waals surface area (Å²) in [6.07, 6.45) is 0. The highest BCUT2D eigenvalue weighted by atomic mass is 16.5. The zero-order valence-electron chi connectivity index (χ0n) is 8.85. The van der Waals surface area contributed by atoms with Crippen LogP contribution in [-0.2, 0) is 0 Å². The molecule has 1 saturated heterocycles. The molecule has 0 amide bonds. The minimum atomic E-state index is 0.568. The summed E-state index contributed by atoms with van der Waals surface area (Å²) in [4.78, 5) is 2.19. The van der Waals surface area contributed by atoms with Crippen LogP contribution in [0.25, 0.3) is 0 Å². The van der Waals surface area contributed by atoms with Gasteiger partial charge in [0.2, 0.25) is 0 Å². The molecule has 1 aliphatic heterocycles. The van der Waals surface area contributed by atoms with Crippen LogP contribution in [0.3, 0.4) is 0 Å². The number of hydrogen-bond acceptors (Lipinski definition) is 4. The molecule has 0 spiro atoms. The minimum absolute atomic E-state index is 0.568. The van der Waals surface area contributed by atoms with E-state index in [0.717, 1.165) is 29.6 Å². The third-order valence-corrected chi connectivity index (χ3v) is 2.66. The van der Waals surface area contributed by atoms with Crippen LogP contribution in [0.15, 0.2) is 24.3 Å². The maximum absolute atomic E-state index is 11.1.